The van der Waals surface area contributed by atoms with E-state index in [1.54, 1.807) is 0 Å². The molecule has 2 aromatic carbocycles. The quantitative estimate of drug-likeness (QED) is 0.362. The van der Waals surface area contributed by atoms with Crippen molar-refractivity contribution in [2.45, 2.75) is 58.8 Å². The van der Waals surface area contributed by atoms with E-state index in [9.17, 15) is 15.0 Å². The van der Waals surface area contributed by atoms with Gasteiger partial charge in [-0.25, -0.2) is 4.98 Å². The zero-order valence-electron chi connectivity index (χ0n) is 19.2. The van der Waals surface area contributed by atoms with Gasteiger partial charge in [0.15, 0.2) is 5.58 Å². The van der Waals surface area contributed by atoms with E-state index in [-0.39, 0.29) is 21.6 Å². The summed E-state index contributed by atoms with van der Waals surface area (Å²) in [5.41, 5.74) is 4.27. The minimum Gasteiger partial charge on any atom is -0.507 e. The van der Waals surface area contributed by atoms with Crippen molar-refractivity contribution in [1.82, 2.24) is 9.97 Å². The van der Waals surface area contributed by atoms with Crippen molar-refractivity contribution < 1.29 is 14.6 Å². The first-order valence-electron chi connectivity index (χ1n) is 10.5. The smallest absolute Gasteiger partial charge is 0.307 e. The molecule has 32 heavy (non-hydrogen) atoms. The maximum Gasteiger partial charge on any atom is 0.307 e. The van der Waals surface area contributed by atoms with Crippen LogP contribution in [0.2, 0.25) is 0 Å². The average Bonchev–Trinajstić information content (AvgIpc) is 3.22. The fraction of sp³-hybridized carbons (Fsp3) is 0.360. The highest BCUT2D eigenvalue weighted by atomic mass is 32.1. The first-order chi connectivity index (χ1) is 14.8. The molecule has 4 rings (SSSR count). The van der Waals surface area contributed by atoms with Crippen molar-refractivity contribution in [3.8, 4) is 23.1 Å². The fourth-order valence-electron chi connectivity index (χ4n) is 3.77. The van der Waals surface area contributed by atoms with Gasteiger partial charge in [0.1, 0.15) is 11.3 Å². The molecule has 168 valence electrons. The Morgan fingerprint density at radius 1 is 1.00 bits per heavy atom. The van der Waals surface area contributed by atoms with Crippen LogP contribution in [0, 0.1) is 0 Å². The lowest BCUT2D eigenvalue weighted by Gasteiger charge is -2.27. The number of fused-ring (bicyclic) bond motifs is 1. The Morgan fingerprint density at radius 2 is 1.62 bits per heavy atom. The van der Waals surface area contributed by atoms with Crippen LogP contribution >= 0.6 is 11.3 Å². The van der Waals surface area contributed by atoms with Crippen molar-refractivity contribution in [2.75, 3.05) is 0 Å². The topological polar surface area (TPSA) is 99.4 Å². The Hall–Kier alpha value is -3.06. The Labute approximate surface area is 190 Å². The summed E-state index contributed by atoms with van der Waals surface area (Å²) in [4.78, 5) is 18.9. The number of benzene rings is 2. The normalized spacial score (nSPS) is 12.6. The number of nitrogens with one attached hydrogen (secondary N) is 1. The van der Waals surface area contributed by atoms with E-state index in [0.717, 1.165) is 33.6 Å². The fourth-order valence-corrected chi connectivity index (χ4v) is 4.52. The molecule has 3 N–H and O–H groups in total. The highest BCUT2D eigenvalue weighted by molar-refractivity contribution is 7.09. The second-order valence-electron chi connectivity index (χ2n) is 10.2. The van der Waals surface area contributed by atoms with E-state index in [1.165, 1.54) is 0 Å². The molecule has 2 heterocycles. The molecule has 0 fully saturated rings. The molecule has 2 aromatic heterocycles. The minimum atomic E-state index is -0.279. The van der Waals surface area contributed by atoms with Gasteiger partial charge in [-0.3, -0.25) is 9.78 Å². The van der Waals surface area contributed by atoms with E-state index < -0.39 is 0 Å². The number of thiazole rings is 1. The summed E-state index contributed by atoms with van der Waals surface area (Å²) in [6.45, 7) is 12.4. The molecule has 0 saturated heterocycles. The number of aromatic amines is 1. The van der Waals surface area contributed by atoms with Crippen LogP contribution in [0.25, 0.3) is 22.6 Å². The van der Waals surface area contributed by atoms with Gasteiger partial charge in [0, 0.05) is 23.1 Å². The van der Waals surface area contributed by atoms with Crippen molar-refractivity contribution in [1.29, 1.82) is 0 Å². The van der Waals surface area contributed by atoms with E-state index in [2.05, 4.69) is 46.5 Å². The summed E-state index contributed by atoms with van der Waals surface area (Å²) in [7, 11) is 0. The SMILES string of the molecule is CC(C)(C)c1cc(-c2nc3cc(Cc4sc(=O)[nH]c4O)ccc3o2)cc(C(C)(C)C)c1O. The maximum atomic E-state index is 11.5. The third-order valence-corrected chi connectivity index (χ3v) is 6.36. The second-order valence-corrected chi connectivity index (χ2v) is 11.3. The highest BCUT2D eigenvalue weighted by Crippen LogP contribution is 2.42. The van der Waals surface area contributed by atoms with Crippen molar-refractivity contribution in [3.05, 3.63) is 61.6 Å². The zero-order chi connectivity index (χ0) is 23.4. The summed E-state index contributed by atoms with van der Waals surface area (Å²) in [6, 6.07) is 9.56. The second kappa shape index (κ2) is 7.52. The molecule has 7 heteroatoms. The number of rotatable bonds is 3. The van der Waals surface area contributed by atoms with E-state index in [4.69, 9.17) is 9.40 Å². The summed E-state index contributed by atoms with van der Waals surface area (Å²) >= 11 is 0.997. The number of phenols is 1. The number of phenolic OH excluding ortho intramolecular Hbond substituents is 1. The van der Waals surface area contributed by atoms with E-state index >= 15 is 0 Å². The first-order valence-corrected chi connectivity index (χ1v) is 11.3. The van der Waals surface area contributed by atoms with Crippen LogP contribution in [0.15, 0.2) is 39.5 Å². The highest BCUT2D eigenvalue weighted by Gasteiger charge is 2.27. The molecule has 0 atom stereocenters. The molecule has 0 amide bonds. The van der Waals surface area contributed by atoms with Gasteiger partial charge in [-0.1, -0.05) is 58.9 Å². The van der Waals surface area contributed by atoms with Gasteiger partial charge in [-0.15, -0.1) is 0 Å². The third-order valence-electron chi connectivity index (χ3n) is 5.49. The first kappa shape index (κ1) is 22.1. The van der Waals surface area contributed by atoms with Gasteiger partial charge < -0.3 is 14.6 Å². The maximum absolute atomic E-state index is 11.5. The lowest BCUT2D eigenvalue weighted by Crippen LogP contribution is -2.17. The predicted molar refractivity (Wildman–Crippen MR) is 128 cm³/mol. The molecule has 0 aliphatic heterocycles. The molecule has 0 unspecified atom stereocenters. The van der Waals surface area contributed by atoms with Crippen LogP contribution in [-0.2, 0) is 17.3 Å². The van der Waals surface area contributed by atoms with Crippen LogP contribution < -0.4 is 4.87 Å². The summed E-state index contributed by atoms with van der Waals surface area (Å²) < 4.78 is 6.07. The Kier molecular flexibility index (Phi) is 5.20. The number of hydrogen-bond acceptors (Lipinski definition) is 6. The van der Waals surface area contributed by atoms with Crippen molar-refractivity contribution in [3.63, 3.8) is 0 Å². The van der Waals surface area contributed by atoms with Gasteiger partial charge in [-0.2, -0.15) is 0 Å². The van der Waals surface area contributed by atoms with Crippen LogP contribution in [-0.4, -0.2) is 20.2 Å². The van der Waals surface area contributed by atoms with Gasteiger partial charge in [-0.05, 0) is 40.7 Å². The monoisotopic (exact) mass is 452 g/mol. The van der Waals surface area contributed by atoms with Gasteiger partial charge in [0.2, 0.25) is 11.8 Å². The summed E-state index contributed by atoms with van der Waals surface area (Å²) in [6.07, 6.45) is 0.426. The molecular weight excluding hydrogens is 424 g/mol. The lowest BCUT2D eigenvalue weighted by atomic mass is 9.78. The number of aromatic hydroxyl groups is 2. The molecule has 0 radical (unpaired) electrons. The number of nitrogens with zero attached hydrogens (tertiary/aromatic N) is 1. The van der Waals surface area contributed by atoms with Crippen LogP contribution in [0.5, 0.6) is 11.6 Å². The molecule has 0 bridgehead atoms. The molecule has 6 nitrogen and oxygen atoms in total. The Bertz CT molecular complexity index is 1330. The number of oxazole rings is 1. The molecule has 4 aromatic rings. The summed E-state index contributed by atoms with van der Waals surface area (Å²) in [5.74, 6) is 0.717. The largest absolute Gasteiger partial charge is 0.507 e. The molecule has 0 aliphatic carbocycles. The molecule has 0 spiro atoms. The van der Waals surface area contributed by atoms with Crippen LogP contribution in [0.1, 0.15) is 63.1 Å². The standard InChI is InChI=1S/C25H28N2O4S/c1-24(2,3)15-11-14(12-16(20(15)28)25(4,5)6)22-26-17-9-13(7-8-18(17)31-22)10-19-21(29)27-23(30)32-19/h7-9,11-12,28-29H,10H2,1-6H3,(H,27,30). The van der Waals surface area contributed by atoms with Gasteiger partial charge >= 0.3 is 4.87 Å². The third kappa shape index (κ3) is 4.17. The minimum absolute atomic E-state index is 0.0885. The number of H-pyrrole nitrogens is 1. The Balaban J connectivity index is 1.79. The zero-order valence-corrected chi connectivity index (χ0v) is 20.0. The Morgan fingerprint density at radius 3 is 2.16 bits per heavy atom. The van der Waals surface area contributed by atoms with Crippen LogP contribution in [0.3, 0.4) is 0 Å². The number of hydrogen-bond donors (Lipinski definition) is 3. The molecular formula is C25H28N2O4S. The molecule has 0 aliphatic rings. The average molecular weight is 453 g/mol. The molecule has 0 saturated carbocycles. The summed E-state index contributed by atoms with van der Waals surface area (Å²) in [5, 5.41) is 20.8. The van der Waals surface area contributed by atoms with Gasteiger partial charge in [0.05, 0.1) is 4.88 Å². The van der Waals surface area contributed by atoms with E-state index in [0.29, 0.717) is 34.0 Å². The van der Waals surface area contributed by atoms with Gasteiger partial charge in [0.25, 0.3) is 0 Å². The van der Waals surface area contributed by atoms with E-state index in [1.807, 2.05) is 30.3 Å². The lowest BCUT2D eigenvalue weighted by molar-refractivity contribution is 0.423. The van der Waals surface area contributed by atoms with Crippen LogP contribution in [0.4, 0.5) is 0 Å². The van der Waals surface area contributed by atoms with Crippen molar-refractivity contribution >= 4 is 22.4 Å². The predicted octanol–water partition coefficient (Wildman–Crippen LogP) is 5.84. The van der Waals surface area contributed by atoms with Crippen molar-refractivity contribution in [2.24, 2.45) is 0 Å². The number of aromatic nitrogens is 2.